The van der Waals surface area contributed by atoms with Gasteiger partial charge in [-0.2, -0.15) is 0 Å². The number of hydrogen-bond donors (Lipinski definition) is 1. The minimum atomic E-state index is 0.0857. The Morgan fingerprint density at radius 1 is 0.429 bits per heavy atom. The number of benzene rings is 7. The molecule has 7 aromatic rings. The molecule has 0 saturated heterocycles. The van der Waals surface area contributed by atoms with Gasteiger partial charge in [0, 0.05) is 40.9 Å². The molecule has 0 unspecified atom stereocenters. The first-order valence-electron chi connectivity index (χ1n) is 22.8. The number of nitrogens with zero attached hydrogens (tertiary/aromatic N) is 2. The van der Waals surface area contributed by atoms with Crippen molar-refractivity contribution in [3.63, 3.8) is 0 Å². The van der Waals surface area contributed by atoms with Gasteiger partial charge in [-0.05, 0) is 179 Å². The molecule has 0 saturated carbocycles. The molecule has 3 heteroatoms. The van der Waals surface area contributed by atoms with Crippen LogP contribution in [-0.2, 0) is 0 Å². The number of rotatable bonds is 11. The normalized spacial score (nSPS) is 11.9. The molecule has 0 heterocycles. The van der Waals surface area contributed by atoms with Crippen molar-refractivity contribution in [2.24, 2.45) is 10.8 Å². The van der Waals surface area contributed by atoms with Crippen LogP contribution >= 0.6 is 0 Å². The summed E-state index contributed by atoms with van der Waals surface area (Å²) in [6.07, 6.45) is 0. The van der Waals surface area contributed by atoms with Gasteiger partial charge in [-0.3, -0.25) is 0 Å². The molecule has 0 amide bonds. The van der Waals surface area contributed by atoms with Gasteiger partial charge in [-0.15, -0.1) is 0 Å². The van der Waals surface area contributed by atoms with Crippen LogP contribution in [0.1, 0.15) is 108 Å². The first-order valence-corrected chi connectivity index (χ1v) is 22.8. The zero-order valence-electron chi connectivity index (χ0n) is 40.9. The van der Waals surface area contributed by atoms with Gasteiger partial charge in [0.05, 0.1) is 39.7 Å². The summed E-state index contributed by atoms with van der Waals surface area (Å²) >= 11 is 0. The number of nitrogens with one attached hydrogen (secondary N) is 1. The van der Waals surface area contributed by atoms with Crippen LogP contribution < -0.4 is 15.1 Å². The summed E-state index contributed by atoms with van der Waals surface area (Å²) in [5.74, 6) is 1.22. The van der Waals surface area contributed by atoms with Crippen LogP contribution in [0.25, 0.3) is 10.8 Å². The zero-order valence-corrected chi connectivity index (χ0v) is 40.9. The summed E-state index contributed by atoms with van der Waals surface area (Å²) in [5, 5.41) is 6.28. The van der Waals surface area contributed by atoms with Crippen molar-refractivity contribution >= 4 is 44.9 Å². The fourth-order valence-electron chi connectivity index (χ4n) is 9.98. The zero-order chi connectivity index (χ0) is 45.5. The van der Waals surface area contributed by atoms with Gasteiger partial charge in [0.2, 0.25) is 0 Å². The Kier molecular flexibility index (Phi) is 12.7. The molecule has 7 aromatic carbocycles. The molecule has 0 fully saturated rings. The molecule has 63 heavy (non-hydrogen) atoms. The van der Waals surface area contributed by atoms with E-state index >= 15 is 0 Å². The lowest BCUT2D eigenvalue weighted by Gasteiger charge is -2.34. The van der Waals surface area contributed by atoms with Gasteiger partial charge >= 0.3 is 0 Å². The first kappa shape index (κ1) is 45.1. The summed E-state index contributed by atoms with van der Waals surface area (Å²) in [6.45, 7) is 35.8. The van der Waals surface area contributed by atoms with E-state index in [-0.39, 0.29) is 10.8 Å². The van der Waals surface area contributed by atoms with Crippen LogP contribution in [0.5, 0.6) is 0 Å². The van der Waals surface area contributed by atoms with Crippen LogP contribution in [0, 0.1) is 79.1 Å². The highest BCUT2D eigenvalue weighted by Gasteiger charge is 2.29. The standard InChI is InChI=1S/C60H70N3/c1-38-30-41(4)56(42(5)31-38)61-54-29-28-53(51-18-16-17-19-52(51)54)55(47-20-24-49(25-21-47)62(36-59(10,11)12)57-43(6)32-39(2)33-44(57)7)48-22-26-50(27-23-48)63(37-60(13,14)15)58-45(8)34-40(3)35-46(58)9/h16-35,61H,36-37H2,1-15H3/q+1. The maximum absolute atomic E-state index is 3.87. The number of fused-ring (bicyclic) bond motifs is 1. The minimum Gasteiger partial charge on any atom is -0.354 e. The van der Waals surface area contributed by atoms with Gasteiger partial charge in [-0.1, -0.05) is 107 Å². The van der Waals surface area contributed by atoms with E-state index in [0.29, 0.717) is 0 Å². The maximum atomic E-state index is 3.87. The van der Waals surface area contributed by atoms with Crippen LogP contribution in [0.3, 0.4) is 0 Å². The first-order chi connectivity index (χ1) is 29.7. The fourth-order valence-corrected chi connectivity index (χ4v) is 9.98. The lowest BCUT2D eigenvalue weighted by Crippen LogP contribution is -2.30. The summed E-state index contributed by atoms with van der Waals surface area (Å²) < 4.78 is 0. The molecule has 0 aliphatic heterocycles. The van der Waals surface area contributed by atoms with Crippen molar-refractivity contribution in [2.75, 3.05) is 28.2 Å². The second-order valence-electron chi connectivity index (χ2n) is 20.9. The van der Waals surface area contributed by atoms with Crippen molar-refractivity contribution in [1.82, 2.24) is 0 Å². The topological polar surface area (TPSA) is 18.5 Å². The van der Waals surface area contributed by atoms with Gasteiger partial charge in [0.25, 0.3) is 0 Å². The smallest absolute Gasteiger partial charge is 0.0638 e. The second-order valence-corrected chi connectivity index (χ2v) is 20.9. The molecule has 3 nitrogen and oxygen atoms in total. The predicted octanol–water partition coefficient (Wildman–Crippen LogP) is 16.7. The summed E-state index contributed by atoms with van der Waals surface area (Å²) in [6, 6.07) is 46.0. The Morgan fingerprint density at radius 2 is 0.794 bits per heavy atom. The van der Waals surface area contributed by atoms with Crippen molar-refractivity contribution in [3.05, 3.63) is 194 Å². The van der Waals surface area contributed by atoms with E-state index in [9.17, 15) is 0 Å². The Labute approximate surface area is 380 Å². The predicted molar refractivity (Wildman–Crippen MR) is 276 cm³/mol. The minimum absolute atomic E-state index is 0.0857. The van der Waals surface area contributed by atoms with Gasteiger partial charge in [-0.25, -0.2) is 0 Å². The summed E-state index contributed by atoms with van der Waals surface area (Å²) in [7, 11) is 0. The highest BCUT2D eigenvalue weighted by Crippen LogP contribution is 2.43. The molecule has 324 valence electrons. The molecule has 1 N–H and O–H groups in total. The molecule has 0 bridgehead atoms. The molecule has 0 radical (unpaired) electrons. The average Bonchev–Trinajstić information content (AvgIpc) is 3.18. The third kappa shape index (κ3) is 9.99. The summed E-state index contributed by atoms with van der Waals surface area (Å²) in [4.78, 5) is 5.07. The van der Waals surface area contributed by atoms with E-state index in [1.165, 1.54) is 112 Å². The van der Waals surface area contributed by atoms with Gasteiger partial charge in [0.15, 0.2) is 0 Å². The maximum Gasteiger partial charge on any atom is 0.0638 e. The van der Waals surface area contributed by atoms with Crippen LogP contribution in [0.2, 0.25) is 0 Å². The van der Waals surface area contributed by atoms with E-state index < -0.39 is 0 Å². The second kappa shape index (κ2) is 17.7. The Balaban J connectivity index is 1.39. The number of aryl methyl sites for hydroxylation is 9. The lowest BCUT2D eigenvalue weighted by atomic mass is 9.82. The van der Waals surface area contributed by atoms with Crippen molar-refractivity contribution in [2.45, 2.75) is 104 Å². The molecular formula is C60H70N3+. The summed E-state index contributed by atoms with van der Waals surface area (Å²) in [5.41, 5.74) is 22.7. The number of anilines is 6. The molecule has 0 spiro atoms. The fraction of sp³-hybridized carbons (Fsp3) is 0.317. The monoisotopic (exact) mass is 833 g/mol. The van der Waals surface area contributed by atoms with Crippen LogP contribution in [0.15, 0.2) is 121 Å². The molecular weight excluding hydrogens is 763 g/mol. The molecule has 0 atom stereocenters. The third-order valence-corrected chi connectivity index (χ3v) is 12.1. The van der Waals surface area contributed by atoms with Crippen LogP contribution in [-0.4, -0.2) is 13.1 Å². The van der Waals surface area contributed by atoms with E-state index in [0.717, 1.165) is 18.8 Å². The highest BCUT2D eigenvalue weighted by molar-refractivity contribution is 6.00. The largest absolute Gasteiger partial charge is 0.354 e. The third-order valence-electron chi connectivity index (χ3n) is 12.1. The average molecular weight is 833 g/mol. The Bertz CT molecular complexity index is 2570. The van der Waals surface area contributed by atoms with Gasteiger partial charge in [0.1, 0.15) is 0 Å². The van der Waals surface area contributed by atoms with E-state index in [1.807, 2.05) is 0 Å². The molecule has 7 rings (SSSR count). The Hall–Kier alpha value is -5.93. The van der Waals surface area contributed by atoms with E-state index in [2.05, 4.69) is 240 Å². The molecule has 0 aliphatic carbocycles. The lowest BCUT2D eigenvalue weighted by molar-refractivity contribution is 0.424. The highest BCUT2D eigenvalue weighted by atomic mass is 15.2. The quantitative estimate of drug-likeness (QED) is 0.103. The van der Waals surface area contributed by atoms with Gasteiger partial charge < -0.3 is 15.1 Å². The Morgan fingerprint density at radius 3 is 1.17 bits per heavy atom. The number of hydrogen-bond acceptors (Lipinski definition) is 3. The van der Waals surface area contributed by atoms with E-state index in [4.69, 9.17) is 0 Å². The van der Waals surface area contributed by atoms with Crippen molar-refractivity contribution in [3.8, 4) is 0 Å². The van der Waals surface area contributed by atoms with E-state index in [1.54, 1.807) is 0 Å². The van der Waals surface area contributed by atoms with Crippen LogP contribution in [0.4, 0.5) is 34.1 Å². The van der Waals surface area contributed by atoms with Crippen molar-refractivity contribution < 1.29 is 0 Å². The van der Waals surface area contributed by atoms with Crippen molar-refractivity contribution in [1.29, 1.82) is 0 Å². The molecule has 0 aromatic heterocycles. The molecule has 0 aliphatic rings. The SMILES string of the molecule is Cc1cc(C)c(Nc2ccc([C+](c3ccc(N(CC(C)(C)C)c4c(C)cc(C)cc4C)cc3)c3ccc(N(CC(C)(C)C)c4c(C)cc(C)cc4C)cc3)c3ccccc23)c(C)c1.